The number of guanidine groups is 1. The minimum absolute atomic E-state index is 0.276. The zero-order valence-corrected chi connectivity index (χ0v) is 17.4. The van der Waals surface area contributed by atoms with Crippen molar-refractivity contribution in [1.82, 2.24) is 15.5 Å². The Labute approximate surface area is 170 Å². The number of rotatable bonds is 9. The molecule has 1 aromatic rings. The van der Waals surface area contributed by atoms with Gasteiger partial charge in [0.25, 0.3) is 0 Å². The van der Waals surface area contributed by atoms with E-state index in [0.717, 1.165) is 37.9 Å². The maximum atomic E-state index is 11.9. The Hall–Kier alpha value is -2.04. The van der Waals surface area contributed by atoms with Crippen LogP contribution in [0.4, 0.5) is 0 Å². The number of nitrogens with one attached hydrogen (secondary N) is 2. The summed E-state index contributed by atoms with van der Waals surface area (Å²) in [5.74, 6) is 2.11. The highest BCUT2D eigenvalue weighted by Gasteiger charge is 2.20. The first-order chi connectivity index (χ1) is 13.8. The Morgan fingerprint density at radius 1 is 1.11 bits per heavy atom. The van der Waals surface area contributed by atoms with E-state index in [2.05, 4.69) is 39.9 Å². The van der Waals surface area contributed by atoms with Crippen molar-refractivity contribution in [2.45, 2.75) is 70.9 Å². The van der Waals surface area contributed by atoms with Crippen LogP contribution < -0.4 is 10.6 Å². The second-order valence-electron chi connectivity index (χ2n) is 8.19. The fourth-order valence-corrected chi connectivity index (χ4v) is 4.42. The molecule has 1 saturated heterocycles. The van der Waals surface area contributed by atoms with Crippen LogP contribution in [-0.2, 0) is 17.9 Å². The standard InChI is InChI=1S/C23H36N4O/c1-24-23(25-15-7-6-11-19-9-2-3-10-19)26-17-20-12-4-5-13-21(20)18-27-16-8-14-22(27)28/h4-5,12-13,19H,2-3,6-11,14-18H2,1H3,(H2,24,25,26). The second-order valence-corrected chi connectivity index (χ2v) is 8.19. The Morgan fingerprint density at radius 2 is 1.89 bits per heavy atom. The van der Waals surface area contributed by atoms with Gasteiger partial charge in [-0.2, -0.15) is 0 Å². The van der Waals surface area contributed by atoms with Crippen LogP contribution in [-0.4, -0.2) is 36.9 Å². The Bertz CT molecular complexity index is 652. The SMILES string of the molecule is CN=C(NCCCCC1CCCC1)NCc1ccccc1CN1CCCC1=O. The summed E-state index contributed by atoms with van der Waals surface area (Å²) in [5, 5.41) is 6.87. The van der Waals surface area contributed by atoms with E-state index >= 15 is 0 Å². The number of aliphatic imine (C=N–C) groups is 1. The molecule has 154 valence electrons. The minimum Gasteiger partial charge on any atom is -0.356 e. The predicted octanol–water partition coefficient (Wildman–Crippen LogP) is 3.83. The normalized spacial score (nSPS) is 18.1. The van der Waals surface area contributed by atoms with Crippen LogP contribution in [0.1, 0.15) is 68.9 Å². The van der Waals surface area contributed by atoms with Crippen LogP contribution in [0.15, 0.2) is 29.3 Å². The van der Waals surface area contributed by atoms with Crippen LogP contribution in [0, 0.1) is 5.92 Å². The number of carbonyl (C=O) groups excluding carboxylic acids is 1. The summed E-state index contributed by atoms with van der Waals surface area (Å²) in [7, 11) is 1.82. The summed E-state index contributed by atoms with van der Waals surface area (Å²) in [6.07, 6.45) is 11.3. The molecular weight excluding hydrogens is 348 g/mol. The molecule has 0 unspecified atom stereocenters. The molecule has 1 saturated carbocycles. The molecule has 1 aliphatic heterocycles. The summed E-state index contributed by atoms with van der Waals surface area (Å²) in [6.45, 7) is 3.28. The van der Waals surface area contributed by atoms with Gasteiger partial charge >= 0.3 is 0 Å². The third-order valence-corrected chi connectivity index (χ3v) is 6.13. The highest BCUT2D eigenvalue weighted by Crippen LogP contribution is 2.28. The van der Waals surface area contributed by atoms with Gasteiger partial charge in [0.1, 0.15) is 0 Å². The molecule has 5 heteroatoms. The van der Waals surface area contributed by atoms with Gasteiger partial charge in [0.15, 0.2) is 5.96 Å². The average molecular weight is 385 g/mol. The van der Waals surface area contributed by atoms with Crippen LogP contribution in [0.2, 0.25) is 0 Å². The highest BCUT2D eigenvalue weighted by atomic mass is 16.2. The van der Waals surface area contributed by atoms with Crippen molar-refractivity contribution in [3.8, 4) is 0 Å². The van der Waals surface area contributed by atoms with E-state index in [-0.39, 0.29) is 5.91 Å². The van der Waals surface area contributed by atoms with E-state index < -0.39 is 0 Å². The number of likely N-dealkylation sites (tertiary alicyclic amines) is 1. The molecule has 1 amide bonds. The fourth-order valence-electron chi connectivity index (χ4n) is 4.42. The Kier molecular flexibility index (Phi) is 8.19. The van der Waals surface area contributed by atoms with E-state index in [1.807, 2.05) is 11.9 Å². The molecule has 2 N–H and O–H groups in total. The lowest BCUT2D eigenvalue weighted by Crippen LogP contribution is -2.37. The third-order valence-electron chi connectivity index (χ3n) is 6.13. The molecule has 0 spiro atoms. The van der Waals surface area contributed by atoms with Gasteiger partial charge in [-0.1, -0.05) is 62.8 Å². The maximum Gasteiger partial charge on any atom is 0.222 e. The van der Waals surface area contributed by atoms with Gasteiger partial charge in [0, 0.05) is 39.6 Å². The zero-order valence-electron chi connectivity index (χ0n) is 17.4. The molecule has 0 radical (unpaired) electrons. The molecule has 2 fully saturated rings. The van der Waals surface area contributed by atoms with E-state index in [9.17, 15) is 4.79 Å². The molecule has 0 bridgehead atoms. The smallest absolute Gasteiger partial charge is 0.222 e. The number of hydrogen-bond donors (Lipinski definition) is 2. The number of nitrogens with zero attached hydrogens (tertiary/aromatic N) is 2. The summed E-state index contributed by atoms with van der Waals surface area (Å²) in [5.41, 5.74) is 2.45. The Balaban J connectivity index is 1.40. The molecule has 3 rings (SSSR count). The molecule has 2 aliphatic rings. The van der Waals surface area contributed by atoms with Gasteiger partial charge < -0.3 is 15.5 Å². The van der Waals surface area contributed by atoms with E-state index in [0.29, 0.717) is 13.0 Å². The van der Waals surface area contributed by atoms with Crippen molar-refractivity contribution >= 4 is 11.9 Å². The summed E-state index contributed by atoms with van der Waals surface area (Å²) < 4.78 is 0. The summed E-state index contributed by atoms with van der Waals surface area (Å²) >= 11 is 0. The number of unbranched alkanes of at least 4 members (excludes halogenated alkanes) is 1. The topological polar surface area (TPSA) is 56.7 Å². The van der Waals surface area contributed by atoms with Gasteiger partial charge in [-0.05, 0) is 29.9 Å². The van der Waals surface area contributed by atoms with Gasteiger partial charge in [0.2, 0.25) is 5.91 Å². The molecule has 0 aromatic heterocycles. The lowest BCUT2D eigenvalue weighted by atomic mass is 10.0. The second kappa shape index (κ2) is 11.1. The van der Waals surface area contributed by atoms with Crippen LogP contribution in [0.25, 0.3) is 0 Å². The highest BCUT2D eigenvalue weighted by molar-refractivity contribution is 5.79. The lowest BCUT2D eigenvalue weighted by Gasteiger charge is -2.19. The first kappa shape index (κ1) is 20.7. The van der Waals surface area contributed by atoms with Gasteiger partial charge in [-0.3, -0.25) is 9.79 Å². The number of hydrogen-bond acceptors (Lipinski definition) is 2. The molecule has 1 heterocycles. The van der Waals surface area contributed by atoms with Gasteiger partial charge in [-0.15, -0.1) is 0 Å². The number of amides is 1. The quantitative estimate of drug-likeness (QED) is 0.386. The molecular formula is C23H36N4O. The van der Waals surface area contributed by atoms with E-state index in [1.165, 1.54) is 56.1 Å². The van der Waals surface area contributed by atoms with Crippen LogP contribution in [0.5, 0.6) is 0 Å². The first-order valence-electron chi connectivity index (χ1n) is 11.1. The molecule has 1 aromatic carbocycles. The molecule has 0 atom stereocenters. The molecule has 5 nitrogen and oxygen atoms in total. The van der Waals surface area contributed by atoms with Gasteiger partial charge in [0.05, 0.1) is 0 Å². The first-order valence-corrected chi connectivity index (χ1v) is 11.1. The van der Waals surface area contributed by atoms with Crippen molar-refractivity contribution in [1.29, 1.82) is 0 Å². The largest absolute Gasteiger partial charge is 0.356 e. The summed E-state index contributed by atoms with van der Waals surface area (Å²) in [6, 6.07) is 8.38. The average Bonchev–Trinajstić information content (AvgIpc) is 3.37. The van der Waals surface area contributed by atoms with Gasteiger partial charge in [-0.25, -0.2) is 0 Å². The summed E-state index contributed by atoms with van der Waals surface area (Å²) in [4.78, 5) is 18.3. The molecule has 28 heavy (non-hydrogen) atoms. The minimum atomic E-state index is 0.276. The molecule has 1 aliphatic carbocycles. The maximum absolute atomic E-state index is 11.9. The van der Waals surface area contributed by atoms with Crippen molar-refractivity contribution in [3.05, 3.63) is 35.4 Å². The van der Waals surface area contributed by atoms with Crippen LogP contribution in [0.3, 0.4) is 0 Å². The lowest BCUT2D eigenvalue weighted by molar-refractivity contribution is -0.128. The third kappa shape index (κ3) is 6.25. The van der Waals surface area contributed by atoms with Crippen molar-refractivity contribution in [2.24, 2.45) is 10.9 Å². The number of benzene rings is 1. The van der Waals surface area contributed by atoms with Crippen molar-refractivity contribution < 1.29 is 4.79 Å². The monoisotopic (exact) mass is 384 g/mol. The zero-order chi connectivity index (χ0) is 19.6. The number of carbonyl (C=O) groups is 1. The van der Waals surface area contributed by atoms with E-state index in [4.69, 9.17) is 0 Å². The Morgan fingerprint density at radius 3 is 2.61 bits per heavy atom. The van der Waals surface area contributed by atoms with Crippen molar-refractivity contribution in [3.63, 3.8) is 0 Å². The fraction of sp³-hybridized carbons (Fsp3) is 0.652. The predicted molar refractivity (Wildman–Crippen MR) is 115 cm³/mol. The van der Waals surface area contributed by atoms with E-state index in [1.54, 1.807) is 0 Å². The van der Waals surface area contributed by atoms with Crippen molar-refractivity contribution in [2.75, 3.05) is 20.1 Å². The van der Waals surface area contributed by atoms with Crippen LogP contribution >= 0.6 is 0 Å².